The Labute approximate surface area is 393 Å². The Hall–Kier alpha value is -1.40. The quantitative estimate of drug-likeness (QED) is 0.0321. The molecule has 3 N–H and O–H groups in total. The molecule has 3 unspecified atom stereocenters. The summed E-state index contributed by atoms with van der Waals surface area (Å²) in [7, 11) is 0. The molecule has 6 nitrogen and oxygen atoms in total. The fourth-order valence-corrected chi connectivity index (χ4v) is 9.00. The molecule has 0 heterocycles. The Balaban J connectivity index is 4.34. The maximum Gasteiger partial charge on any atom is 0.306 e. The third kappa shape index (κ3) is 46.9. The number of unbranched alkanes of at least 4 members (excludes halogenated alkanes) is 38. The predicted octanol–water partition coefficient (Wildman–Crippen LogP) is 17.3. The SMILES string of the molecule is CCCC/C=C\CCCCCC(CC(=O)NC(CO)C(O)CCCCCCCCCCCCCCCCCCC)OC(=O)CCCCCCCCCCCCCCCCCCCC. The molecule has 0 fully saturated rings. The Morgan fingerprint density at radius 3 is 1.17 bits per heavy atom. The maximum atomic E-state index is 13.2. The molecule has 63 heavy (non-hydrogen) atoms. The number of carbonyl (C=O) groups is 2. The number of hydrogen-bond donors (Lipinski definition) is 3. The highest BCUT2D eigenvalue weighted by atomic mass is 16.5. The molecule has 6 heteroatoms. The van der Waals surface area contributed by atoms with Crippen LogP contribution in [-0.4, -0.2) is 46.9 Å². The molecule has 0 aromatic rings. The maximum absolute atomic E-state index is 13.2. The van der Waals surface area contributed by atoms with E-state index < -0.39 is 18.2 Å². The Morgan fingerprint density at radius 2 is 0.778 bits per heavy atom. The van der Waals surface area contributed by atoms with Crippen molar-refractivity contribution in [2.75, 3.05) is 6.61 Å². The van der Waals surface area contributed by atoms with Crippen molar-refractivity contribution in [3.8, 4) is 0 Å². The lowest BCUT2D eigenvalue weighted by molar-refractivity contribution is -0.151. The molecule has 0 saturated heterocycles. The van der Waals surface area contributed by atoms with E-state index in [1.165, 1.54) is 205 Å². The van der Waals surface area contributed by atoms with Gasteiger partial charge in [0.25, 0.3) is 0 Å². The molecule has 0 aliphatic heterocycles. The lowest BCUT2D eigenvalue weighted by atomic mass is 10.0. The van der Waals surface area contributed by atoms with Gasteiger partial charge in [0, 0.05) is 6.42 Å². The summed E-state index contributed by atoms with van der Waals surface area (Å²) in [5.74, 6) is -0.471. The summed E-state index contributed by atoms with van der Waals surface area (Å²) in [6, 6.07) is -0.700. The van der Waals surface area contributed by atoms with Gasteiger partial charge in [-0.15, -0.1) is 0 Å². The molecular formula is C57H111NO5. The van der Waals surface area contributed by atoms with Crippen molar-refractivity contribution in [3.05, 3.63) is 12.2 Å². The number of aliphatic hydroxyl groups is 2. The number of rotatable bonds is 52. The summed E-state index contributed by atoms with van der Waals surface area (Å²) in [5, 5.41) is 23.8. The first-order chi connectivity index (χ1) is 31.0. The van der Waals surface area contributed by atoms with Crippen molar-refractivity contribution < 1.29 is 24.5 Å². The second-order valence-corrected chi connectivity index (χ2v) is 19.7. The molecule has 0 aromatic heterocycles. The van der Waals surface area contributed by atoms with Gasteiger partial charge >= 0.3 is 5.97 Å². The van der Waals surface area contributed by atoms with Crippen LogP contribution in [-0.2, 0) is 14.3 Å². The highest BCUT2D eigenvalue weighted by Gasteiger charge is 2.24. The number of nitrogens with one attached hydrogen (secondary N) is 1. The number of hydrogen-bond acceptors (Lipinski definition) is 5. The van der Waals surface area contributed by atoms with Crippen LogP contribution in [0.1, 0.15) is 316 Å². The molecular weight excluding hydrogens is 779 g/mol. The second kappa shape index (κ2) is 51.6. The van der Waals surface area contributed by atoms with Gasteiger partial charge < -0.3 is 20.3 Å². The van der Waals surface area contributed by atoms with E-state index in [9.17, 15) is 19.8 Å². The van der Waals surface area contributed by atoms with E-state index in [0.717, 1.165) is 64.2 Å². The van der Waals surface area contributed by atoms with Crippen LogP contribution in [0.2, 0.25) is 0 Å². The minimum atomic E-state index is -0.786. The zero-order valence-electron chi connectivity index (χ0n) is 42.7. The van der Waals surface area contributed by atoms with Gasteiger partial charge in [0.2, 0.25) is 5.91 Å². The van der Waals surface area contributed by atoms with Crippen molar-refractivity contribution in [1.82, 2.24) is 5.32 Å². The zero-order chi connectivity index (χ0) is 45.9. The first-order valence-electron chi connectivity index (χ1n) is 28.4. The Morgan fingerprint density at radius 1 is 0.444 bits per heavy atom. The molecule has 0 aromatic carbocycles. The summed E-state index contributed by atoms with van der Waals surface area (Å²) >= 11 is 0. The smallest absolute Gasteiger partial charge is 0.306 e. The monoisotopic (exact) mass is 890 g/mol. The van der Waals surface area contributed by atoms with E-state index in [1.807, 2.05) is 0 Å². The Bertz CT molecular complexity index is 955. The van der Waals surface area contributed by atoms with E-state index >= 15 is 0 Å². The fourth-order valence-electron chi connectivity index (χ4n) is 9.00. The van der Waals surface area contributed by atoms with Crippen LogP contribution < -0.4 is 5.32 Å². The van der Waals surface area contributed by atoms with Crippen LogP contribution in [0.15, 0.2) is 12.2 Å². The van der Waals surface area contributed by atoms with E-state index in [-0.39, 0.29) is 24.9 Å². The van der Waals surface area contributed by atoms with Crippen molar-refractivity contribution in [2.45, 2.75) is 334 Å². The van der Waals surface area contributed by atoms with E-state index in [0.29, 0.717) is 19.3 Å². The molecule has 0 rings (SSSR count). The minimum absolute atomic E-state index is 0.0735. The van der Waals surface area contributed by atoms with Gasteiger partial charge in [0.15, 0.2) is 0 Å². The number of allylic oxidation sites excluding steroid dienone is 2. The number of carbonyl (C=O) groups excluding carboxylic acids is 2. The van der Waals surface area contributed by atoms with Gasteiger partial charge in [-0.05, 0) is 44.9 Å². The van der Waals surface area contributed by atoms with Crippen LogP contribution in [0, 0.1) is 0 Å². The first-order valence-corrected chi connectivity index (χ1v) is 28.4. The second-order valence-electron chi connectivity index (χ2n) is 19.7. The van der Waals surface area contributed by atoms with Crippen molar-refractivity contribution in [3.63, 3.8) is 0 Å². The summed E-state index contributed by atoms with van der Waals surface area (Å²) < 4.78 is 5.93. The number of aliphatic hydroxyl groups excluding tert-OH is 2. The van der Waals surface area contributed by atoms with Gasteiger partial charge in [-0.3, -0.25) is 9.59 Å². The van der Waals surface area contributed by atoms with Crippen LogP contribution >= 0.6 is 0 Å². The number of ether oxygens (including phenoxy) is 1. The summed E-state index contributed by atoms with van der Waals surface area (Å²) in [4.78, 5) is 26.1. The average Bonchev–Trinajstić information content (AvgIpc) is 3.28. The molecule has 1 amide bonds. The van der Waals surface area contributed by atoms with Crippen LogP contribution in [0.3, 0.4) is 0 Å². The highest BCUT2D eigenvalue weighted by Crippen LogP contribution is 2.19. The van der Waals surface area contributed by atoms with Gasteiger partial charge in [-0.2, -0.15) is 0 Å². The fraction of sp³-hybridized carbons (Fsp3) is 0.930. The van der Waals surface area contributed by atoms with Crippen molar-refractivity contribution in [2.24, 2.45) is 0 Å². The third-order valence-corrected chi connectivity index (χ3v) is 13.3. The number of esters is 1. The van der Waals surface area contributed by atoms with Gasteiger partial charge in [-0.25, -0.2) is 0 Å². The largest absolute Gasteiger partial charge is 0.462 e. The van der Waals surface area contributed by atoms with E-state index in [2.05, 4.69) is 38.2 Å². The van der Waals surface area contributed by atoms with Crippen molar-refractivity contribution >= 4 is 11.9 Å². The highest BCUT2D eigenvalue weighted by molar-refractivity contribution is 5.77. The van der Waals surface area contributed by atoms with Gasteiger partial charge in [-0.1, -0.05) is 270 Å². The van der Waals surface area contributed by atoms with Crippen LogP contribution in [0.4, 0.5) is 0 Å². The molecule has 374 valence electrons. The lowest BCUT2D eigenvalue weighted by Gasteiger charge is -2.24. The average molecular weight is 891 g/mol. The summed E-state index contributed by atoms with van der Waals surface area (Å²) in [6.07, 6.45) is 58.6. The topological polar surface area (TPSA) is 95.9 Å². The minimum Gasteiger partial charge on any atom is -0.462 e. The van der Waals surface area contributed by atoms with Crippen LogP contribution in [0.5, 0.6) is 0 Å². The van der Waals surface area contributed by atoms with E-state index in [4.69, 9.17) is 4.74 Å². The van der Waals surface area contributed by atoms with Crippen LogP contribution in [0.25, 0.3) is 0 Å². The summed E-state index contributed by atoms with van der Waals surface area (Å²) in [6.45, 7) is 6.48. The van der Waals surface area contributed by atoms with Gasteiger partial charge in [0.1, 0.15) is 6.10 Å². The molecule has 3 atom stereocenters. The third-order valence-electron chi connectivity index (χ3n) is 13.3. The lowest BCUT2D eigenvalue weighted by Crippen LogP contribution is -2.46. The molecule has 0 radical (unpaired) electrons. The molecule has 0 aliphatic rings. The molecule has 0 bridgehead atoms. The Kier molecular flexibility index (Phi) is 50.4. The molecule has 0 aliphatic carbocycles. The van der Waals surface area contributed by atoms with Crippen molar-refractivity contribution in [1.29, 1.82) is 0 Å². The van der Waals surface area contributed by atoms with Gasteiger partial charge in [0.05, 0.1) is 25.2 Å². The summed E-state index contributed by atoms with van der Waals surface area (Å²) in [5.41, 5.74) is 0. The predicted molar refractivity (Wildman–Crippen MR) is 273 cm³/mol. The van der Waals surface area contributed by atoms with E-state index in [1.54, 1.807) is 0 Å². The normalized spacial score (nSPS) is 13.2. The first kappa shape index (κ1) is 61.6. The zero-order valence-corrected chi connectivity index (χ0v) is 42.7. The standard InChI is InChI=1S/C57H111NO5/c1-4-7-10-13-16-19-21-23-25-27-29-31-33-35-38-41-44-47-50-57(62)63-53(48-45-42-39-36-18-15-12-9-6-3)51-56(61)58-54(52-59)55(60)49-46-43-40-37-34-32-30-28-26-24-22-20-17-14-11-8-5-2/h15,18,53-55,59-60H,4-14,16-17,19-52H2,1-3H3,(H,58,61)/b18-15-. The number of amides is 1. The molecule has 0 saturated carbocycles. The molecule has 0 spiro atoms.